The molecule has 66 valence electrons. The summed E-state index contributed by atoms with van der Waals surface area (Å²) in [6.07, 6.45) is 6.78. The predicted octanol–water partition coefficient (Wildman–Crippen LogP) is 1.99. The molecule has 0 fully saturated rings. The third kappa shape index (κ3) is 5.74. The third-order valence-corrected chi connectivity index (χ3v) is 1.18. The molecule has 0 aliphatic rings. The monoisotopic (exact) mass is 185 g/mol. The highest BCUT2D eigenvalue weighted by Crippen LogP contribution is 1.93. The molecule has 0 rings (SSSR count). The Labute approximate surface area is 77.6 Å². The first kappa shape index (κ1) is 11.0. The molecule has 0 unspecified atom stereocenters. The lowest BCUT2D eigenvalue weighted by Crippen LogP contribution is -2.17. The van der Waals surface area contributed by atoms with Crippen LogP contribution in [0.2, 0.25) is 0 Å². The fourth-order valence-corrected chi connectivity index (χ4v) is 0.730. The first-order valence-corrected chi connectivity index (χ1v) is 4.07. The Morgan fingerprint density at radius 2 is 2.33 bits per heavy atom. The summed E-state index contributed by atoms with van der Waals surface area (Å²) < 4.78 is 0. The quantitative estimate of drug-likeness (QED) is 0.527. The zero-order chi connectivity index (χ0) is 9.40. The van der Waals surface area contributed by atoms with Crippen LogP contribution in [0.25, 0.3) is 0 Å². The Morgan fingerprint density at radius 3 is 2.75 bits per heavy atom. The molecule has 0 aromatic heterocycles. The summed E-state index contributed by atoms with van der Waals surface area (Å²) in [6, 6.07) is 0. The zero-order valence-corrected chi connectivity index (χ0v) is 7.77. The van der Waals surface area contributed by atoms with Crippen LogP contribution in [0.15, 0.2) is 36.6 Å². The van der Waals surface area contributed by atoms with Gasteiger partial charge in [-0.1, -0.05) is 18.7 Å². The Hall–Kier alpha value is -1.02. The summed E-state index contributed by atoms with van der Waals surface area (Å²) in [6.45, 7) is 4.97. The van der Waals surface area contributed by atoms with Crippen LogP contribution in [0.4, 0.5) is 0 Å². The molecule has 0 bridgehead atoms. The van der Waals surface area contributed by atoms with Crippen molar-refractivity contribution in [3.05, 3.63) is 36.6 Å². The first-order valence-electron chi connectivity index (χ1n) is 3.53. The molecule has 0 aromatic carbocycles. The predicted molar refractivity (Wildman–Crippen MR) is 52.0 cm³/mol. The number of hydrogen-bond acceptors (Lipinski definition) is 1. The van der Waals surface area contributed by atoms with Crippen LogP contribution >= 0.6 is 11.6 Å². The van der Waals surface area contributed by atoms with E-state index in [4.69, 9.17) is 11.6 Å². The normalized spacial score (nSPS) is 11.7. The molecule has 1 amide bonds. The van der Waals surface area contributed by atoms with Gasteiger partial charge in [0.2, 0.25) is 5.91 Å². The second-order valence-corrected chi connectivity index (χ2v) is 2.40. The molecule has 0 aromatic rings. The minimum absolute atomic E-state index is 0.109. The molecule has 0 aliphatic heterocycles. The molecule has 0 saturated carbocycles. The highest BCUT2D eigenvalue weighted by Gasteiger charge is 1.92. The second kappa shape index (κ2) is 6.68. The number of allylic oxidation sites excluding steroid dienone is 4. The van der Waals surface area contributed by atoms with Crippen molar-refractivity contribution in [1.29, 1.82) is 0 Å². The van der Waals surface area contributed by atoms with E-state index in [0.717, 1.165) is 0 Å². The maximum Gasteiger partial charge on any atom is 0.221 e. The smallest absolute Gasteiger partial charge is 0.221 e. The van der Waals surface area contributed by atoms with E-state index in [9.17, 15) is 4.79 Å². The fourth-order valence-electron chi connectivity index (χ4n) is 0.641. The van der Waals surface area contributed by atoms with E-state index in [0.29, 0.717) is 11.6 Å². The van der Waals surface area contributed by atoms with E-state index in [1.807, 2.05) is 0 Å². The van der Waals surface area contributed by atoms with Crippen molar-refractivity contribution >= 4 is 17.5 Å². The lowest BCUT2D eigenvalue weighted by atomic mass is 10.3. The van der Waals surface area contributed by atoms with Crippen LogP contribution in [-0.2, 0) is 4.79 Å². The lowest BCUT2D eigenvalue weighted by molar-refractivity contribution is -0.118. The Morgan fingerprint density at radius 1 is 1.67 bits per heavy atom. The van der Waals surface area contributed by atoms with Crippen LogP contribution in [0.3, 0.4) is 0 Å². The van der Waals surface area contributed by atoms with Gasteiger partial charge in [-0.05, 0) is 12.2 Å². The van der Waals surface area contributed by atoms with Crippen LogP contribution in [0.1, 0.15) is 6.92 Å². The second-order valence-electron chi connectivity index (χ2n) is 2.10. The van der Waals surface area contributed by atoms with Crippen LogP contribution in [0, 0.1) is 0 Å². The van der Waals surface area contributed by atoms with Crippen LogP contribution < -0.4 is 5.32 Å². The molecule has 1 N–H and O–H groups in total. The molecular weight excluding hydrogens is 174 g/mol. The topological polar surface area (TPSA) is 29.1 Å². The number of amides is 1. The van der Waals surface area contributed by atoms with Gasteiger partial charge in [-0.25, -0.2) is 0 Å². The van der Waals surface area contributed by atoms with Gasteiger partial charge in [-0.3, -0.25) is 4.79 Å². The van der Waals surface area contributed by atoms with Crippen molar-refractivity contribution < 1.29 is 4.79 Å². The molecule has 12 heavy (non-hydrogen) atoms. The van der Waals surface area contributed by atoms with Crippen molar-refractivity contribution in [2.45, 2.75) is 6.92 Å². The van der Waals surface area contributed by atoms with Gasteiger partial charge in [0, 0.05) is 18.5 Å². The van der Waals surface area contributed by atoms with Gasteiger partial charge in [-0.15, -0.1) is 11.6 Å². The lowest BCUT2D eigenvalue weighted by Gasteiger charge is -2.00. The largest absolute Gasteiger partial charge is 0.326 e. The highest BCUT2D eigenvalue weighted by molar-refractivity contribution is 6.18. The Balaban J connectivity index is 4.23. The SMILES string of the molecule is C=C/C=C(\C=C/CCl)NC(C)=O. The maximum atomic E-state index is 10.6. The minimum atomic E-state index is -0.109. The zero-order valence-electron chi connectivity index (χ0n) is 7.01. The summed E-state index contributed by atoms with van der Waals surface area (Å²) in [5, 5.41) is 2.62. The van der Waals surface area contributed by atoms with Gasteiger partial charge in [0.1, 0.15) is 0 Å². The standard InChI is InChI=1S/C9H12ClNO/c1-3-5-9(6-4-7-10)11-8(2)12/h3-6H,1,7H2,2H3,(H,11,12)/b6-4-,9-5+. The summed E-state index contributed by atoms with van der Waals surface area (Å²) in [5.41, 5.74) is 0.693. The van der Waals surface area contributed by atoms with Gasteiger partial charge < -0.3 is 5.32 Å². The van der Waals surface area contributed by atoms with Crippen molar-refractivity contribution in [2.24, 2.45) is 0 Å². The van der Waals surface area contributed by atoms with Gasteiger partial charge in [0.25, 0.3) is 0 Å². The summed E-state index contributed by atoms with van der Waals surface area (Å²) >= 11 is 5.43. The number of hydrogen-bond donors (Lipinski definition) is 1. The first-order chi connectivity index (χ1) is 5.70. The van der Waals surface area contributed by atoms with Crippen molar-refractivity contribution in [3.63, 3.8) is 0 Å². The Kier molecular flexibility index (Phi) is 6.11. The van der Waals surface area contributed by atoms with E-state index in [-0.39, 0.29) is 5.91 Å². The summed E-state index contributed by atoms with van der Waals surface area (Å²) in [7, 11) is 0. The number of carbonyl (C=O) groups excluding carboxylic acids is 1. The number of halogens is 1. The van der Waals surface area contributed by atoms with E-state index < -0.39 is 0 Å². The van der Waals surface area contributed by atoms with E-state index in [1.165, 1.54) is 6.92 Å². The molecule has 0 atom stereocenters. The van der Waals surface area contributed by atoms with Gasteiger partial charge in [0.05, 0.1) is 0 Å². The fraction of sp³-hybridized carbons (Fsp3) is 0.222. The van der Waals surface area contributed by atoms with Crippen molar-refractivity contribution in [3.8, 4) is 0 Å². The van der Waals surface area contributed by atoms with Crippen LogP contribution in [0.5, 0.6) is 0 Å². The van der Waals surface area contributed by atoms with E-state index in [1.54, 1.807) is 24.3 Å². The number of carbonyl (C=O) groups is 1. The minimum Gasteiger partial charge on any atom is -0.326 e. The van der Waals surface area contributed by atoms with E-state index >= 15 is 0 Å². The number of alkyl halides is 1. The summed E-state index contributed by atoms with van der Waals surface area (Å²) in [4.78, 5) is 10.6. The highest BCUT2D eigenvalue weighted by atomic mass is 35.5. The molecule has 0 saturated heterocycles. The number of rotatable bonds is 4. The van der Waals surface area contributed by atoms with E-state index in [2.05, 4.69) is 11.9 Å². The maximum absolute atomic E-state index is 10.6. The molecule has 3 heteroatoms. The van der Waals surface area contributed by atoms with Gasteiger partial charge in [0.15, 0.2) is 0 Å². The van der Waals surface area contributed by atoms with Crippen molar-refractivity contribution in [1.82, 2.24) is 5.32 Å². The molecule has 0 aliphatic carbocycles. The molecule has 2 nitrogen and oxygen atoms in total. The van der Waals surface area contributed by atoms with Gasteiger partial charge >= 0.3 is 0 Å². The van der Waals surface area contributed by atoms with Crippen LogP contribution in [-0.4, -0.2) is 11.8 Å². The molecule has 0 spiro atoms. The third-order valence-electron chi connectivity index (χ3n) is 1.00. The Bertz CT molecular complexity index is 219. The average Bonchev–Trinajstić information content (AvgIpc) is 2.00. The molecule has 0 radical (unpaired) electrons. The number of nitrogens with one attached hydrogen (secondary N) is 1. The molecular formula is C9H12ClNO. The summed E-state index contributed by atoms with van der Waals surface area (Å²) in [5.74, 6) is 0.316. The average molecular weight is 186 g/mol. The molecule has 0 heterocycles. The van der Waals surface area contributed by atoms with Gasteiger partial charge in [-0.2, -0.15) is 0 Å². The van der Waals surface area contributed by atoms with Crippen molar-refractivity contribution in [2.75, 3.05) is 5.88 Å².